The second-order valence-corrected chi connectivity index (χ2v) is 6.58. The van der Waals surface area contributed by atoms with E-state index in [1.807, 2.05) is 45.0 Å². The summed E-state index contributed by atoms with van der Waals surface area (Å²) >= 11 is 0. The molecule has 0 amide bonds. The molecule has 1 aliphatic heterocycles. The Hall–Kier alpha value is -1.55. The Morgan fingerprint density at radius 2 is 2.10 bits per heavy atom. The lowest BCUT2D eigenvalue weighted by Crippen LogP contribution is -2.58. The molecule has 21 heavy (non-hydrogen) atoms. The lowest BCUT2D eigenvalue weighted by molar-refractivity contribution is -0.156. The van der Waals surface area contributed by atoms with Crippen LogP contribution in [-0.4, -0.2) is 24.2 Å². The van der Waals surface area contributed by atoms with Crippen molar-refractivity contribution in [2.45, 2.75) is 57.2 Å². The average Bonchev–Trinajstić information content (AvgIpc) is 3.21. The molecule has 1 heterocycles. The summed E-state index contributed by atoms with van der Waals surface area (Å²) in [4.78, 5) is 12.8. The van der Waals surface area contributed by atoms with Gasteiger partial charge in [-0.25, -0.2) is 4.79 Å². The number of rotatable bonds is 4. The topological polar surface area (TPSA) is 47.6 Å². The van der Waals surface area contributed by atoms with Crippen LogP contribution in [0.5, 0.6) is 5.75 Å². The molecule has 1 aliphatic carbocycles. The van der Waals surface area contributed by atoms with E-state index in [9.17, 15) is 4.79 Å². The van der Waals surface area contributed by atoms with E-state index < -0.39 is 11.1 Å². The number of hydrogen-bond acceptors (Lipinski definition) is 4. The maximum atomic E-state index is 12.8. The monoisotopic (exact) mass is 289 g/mol. The van der Waals surface area contributed by atoms with Crippen molar-refractivity contribution in [3.05, 3.63) is 29.8 Å². The summed E-state index contributed by atoms with van der Waals surface area (Å²) in [5.41, 5.74) is -0.312. The second-order valence-electron chi connectivity index (χ2n) is 6.58. The van der Waals surface area contributed by atoms with Crippen LogP contribution in [0.2, 0.25) is 0 Å². The molecule has 3 rings (SSSR count). The number of esters is 1. The Balaban J connectivity index is 2.09. The lowest BCUT2D eigenvalue weighted by Gasteiger charge is -2.44. The smallest absolute Gasteiger partial charge is 0.331 e. The SMILES string of the molecule is CCOC(=O)C1(NC2CC2)CC(C)(C)Oc2ccccc21. The van der Waals surface area contributed by atoms with Crippen molar-refractivity contribution in [3.8, 4) is 5.75 Å². The van der Waals surface area contributed by atoms with Gasteiger partial charge in [0, 0.05) is 18.0 Å². The van der Waals surface area contributed by atoms with E-state index in [-0.39, 0.29) is 5.97 Å². The van der Waals surface area contributed by atoms with Crippen molar-refractivity contribution in [1.82, 2.24) is 5.32 Å². The molecule has 0 saturated heterocycles. The van der Waals surface area contributed by atoms with E-state index in [0.717, 1.165) is 24.2 Å². The minimum atomic E-state index is -0.796. The van der Waals surface area contributed by atoms with Crippen molar-refractivity contribution in [2.75, 3.05) is 6.61 Å². The van der Waals surface area contributed by atoms with Gasteiger partial charge in [-0.1, -0.05) is 18.2 Å². The molecule has 114 valence electrons. The molecule has 4 nitrogen and oxygen atoms in total. The minimum Gasteiger partial charge on any atom is -0.487 e. The maximum absolute atomic E-state index is 12.8. The van der Waals surface area contributed by atoms with Crippen molar-refractivity contribution < 1.29 is 14.3 Å². The third-order valence-corrected chi connectivity index (χ3v) is 4.08. The highest BCUT2D eigenvalue weighted by Gasteiger charge is 2.53. The van der Waals surface area contributed by atoms with Gasteiger partial charge in [0.1, 0.15) is 16.9 Å². The number of ether oxygens (including phenoxy) is 2. The second kappa shape index (κ2) is 5.02. The van der Waals surface area contributed by atoms with E-state index in [1.54, 1.807) is 0 Å². The molecule has 2 aliphatic rings. The predicted octanol–water partition coefficient (Wildman–Crippen LogP) is 2.76. The molecule has 1 aromatic rings. The maximum Gasteiger partial charge on any atom is 0.331 e. The fourth-order valence-corrected chi connectivity index (χ4v) is 3.18. The van der Waals surface area contributed by atoms with Gasteiger partial charge >= 0.3 is 5.97 Å². The van der Waals surface area contributed by atoms with Crippen molar-refractivity contribution in [1.29, 1.82) is 0 Å². The molecule has 1 fully saturated rings. The first-order valence-electron chi connectivity index (χ1n) is 7.70. The molecular formula is C17H23NO3. The van der Waals surface area contributed by atoms with Gasteiger partial charge in [-0.05, 0) is 39.7 Å². The number of carbonyl (C=O) groups excluding carboxylic acids is 1. The highest BCUT2D eigenvalue weighted by Crippen LogP contribution is 2.45. The van der Waals surface area contributed by atoms with Crippen LogP contribution in [0.4, 0.5) is 0 Å². The highest BCUT2D eigenvalue weighted by molar-refractivity contribution is 5.84. The molecule has 1 unspecified atom stereocenters. The zero-order chi connectivity index (χ0) is 15.1. The Bertz CT molecular complexity index is 551. The van der Waals surface area contributed by atoms with E-state index in [2.05, 4.69) is 5.32 Å². The van der Waals surface area contributed by atoms with E-state index in [4.69, 9.17) is 9.47 Å². The van der Waals surface area contributed by atoms with Crippen LogP contribution in [0.3, 0.4) is 0 Å². The van der Waals surface area contributed by atoms with Crippen molar-refractivity contribution >= 4 is 5.97 Å². The normalized spacial score (nSPS) is 26.6. The number of para-hydroxylation sites is 1. The van der Waals surface area contributed by atoms with Gasteiger partial charge in [0.2, 0.25) is 0 Å². The van der Waals surface area contributed by atoms with Crippen LogP contribution >= 0.6 is 0 Å². The molecular weight excluding hydrogens is 266 g/mol. The molecule has 0 aromatic heterocycles. The molecule has 1 N–H and O–H groups in total. The first-order chi connectivity index (χ1) is 9.97. The summed E-state index contributed by atoms with van der Waals surface area (Å²) in [5, 5.41) is 3.55. The van der Waals surface area contributed by atoms with Gasteiger partial charge < -0.3 is 9.47 Å². The summed E-state index contributed by atoms with van der Waals surface area (Å²) in [7, 11) is 0. The molecule has 1 atom stereocenters. The van der Waals surface area contributed by atoms with Crippen molar-refractivity contribution in [2.24, 2.45) is 0 Å². The Kier molecular flexibility index (Phi) is 3.44. The Morgan fingerprint density at radius 3 is 2.76 bits per heavy atom. The largest absolute Gasteiger partial charge is 0.487 e. The van der Waals surface area contributed by atoms with E-state index in [1.165, 1.54) is 0 Å². The summed E-state index contributed by atoms with van der Waals surface area (Å²) in [6, 6.07) is 8.18. The first-order valence-corrected chi connectivity index (χ1v) is 7.70. The molecule has 4 heteroatoms. The van der Waals surface area contributed by atoms with Crippen molar-refractivity contribution in [3.63, 3.8) is 0 Å². The standard InChI is InChI=1S/C17H23NO3/c1-4-20-15(19)17(18-12-9-10-12)11-16(2,3)21-14-8-6-5-7-13(14)17/h5-8,12,18H,4,9-11H2,1-3H3. The summed E-state index contributed by atoms with van der Waals surface area (Å²) in [6.45, 7) is 6.27. The van der Waals surface area contributed by atoms with Gasteiger partial charge in [0.15, 0.2) is 0 Å². The average molecular weight is 289 g/mol. The third kappa shape index (κ3) is 2.64. The third-order valence-electron chi connectivity index (χ3n) is 4.08. The fourth-order valence-electron chi connectivity index (χ4n) is 3.18. The Labute approximate surface area is 125 Å². The van der Waals surface area contributed by atoms with Gasteiger partial charge in [0.25, 0.3) is 0 Å². The summed E-state index contributed by atoms with van der Waals surface area (Å²) < 4.78 is 11.5. The van der Waals surface area contributed by atoms with Crippen LogP contribution in [0.15, 0.2) is 24.3 Å². The van der Waals surface area contributed by atoms with E-state index in [0.29, 0.717) is 19.1 Å². The van der Waals surface area contributed by atoms with Crippen LogP contribution in [0, 0.1) is 0 Å². The lowest BCUT2D eigenvalue weighted by atomic mass is 9.77. The van der Waals surface area contributed by atoms with Crippen LogP contribution in [-0.2, 0) is 15.1 Å². The number of carbonyl (C=O) groups is 1. The number of benzene rings is 1. The van der Waals surface area contributed by atoms with Gasteiger partial charge in [-0.3, -0.25) is 5.32 Å². The Morgan fingerprint density at radius 1 is 1.38 bits per heavy atom. The summed E-state index contributed by atoms with van der Waals surface area (Å²) in [6.07, 6.45) is 2.81. The zero-order valence-electron chi connectivity index (χ0n) is 12.9. The molecule has 1 aromatic carbocycles. The van der Waals surface area contributed by atoms with E-state index >= 15 is 0 Å². The summed E-state index contributed by atoms with van der Waals surface area (Å²) in [5.74, 6) is 0.579. The zero-order valence-corrected chi connectivity index (χ0v) is 12.9. The quantitative estimate of drug-likeness (QED) is 0.866. The molecule has 0 bridgehead atoms. The van der Waals surface area contributed by atoms with Gasteiger partial charge in [-0.2, -0.15) is 0 Å². The van der Waals surface area contributed by atoms with Gasteiger partial charge in [-0.15, -0.1) is 0 Å². The predicted molar refractivity (Wildman–Crippen MR) is 80.2 cm³/mol. The highest BCUT2D eigenvalue weighted by atomic mass is 16.5. The number of hydrogen-bond donors (Lipinski definition) is 1. The van der Waals surface area contributed by atoms with Crippen LogP contribution < -0.4 is 10.1 Å². The first kappa shape index (κ1) is 14.4. The van der Waals surface area contributed by atoms with Gasteiger partial charge in [0.05, 0.1) is 6.61 Å². The fraction of sp³-hybridized carbons (Fsp3) is 0.588. The molecule has 1 saturated carbocycles. The number of nitrogens with one attached hydrogen (secondary N) is 1. The van der Waals surface area contributed by atoms with Crippen LogP contribution in [0.1, 0.15) is 45.6 Å². The minimum absolute atomic E-state index is 0.194. The molecule has 0 spiro atoms. The molecule has 0 radical (unpaired) electrons. The van der Waals surface area contributed by atoms with Crippen LogP contribution in [0.25, 0.3) is 0 Å². The number of fused-ring (bicyclic) bond motifs is 1.